The monoisotopic (exact) mass is 684 g/mol. The lowest BCUT2D eigenvalue weighted by atomic mass is 9.33. The lowest BCUT2D eigenvalue weighted by Gasteiger charge is -2.43. The van der Waals surface area contributed by atoms with Gasteiger partial charge in [-0.05, 0) is 110 Å². The maximum absolute atomic E-state index is 2.61. The van der Waals surface area contributed by atoms with Crippen molar-refractivity contribution in [2.45, 2.75) is 72.4 Å². The Morgan fingerprint density at radius 1 is 0.560 bits per heavy atom. The van der Waals surface area contributed by atoms with E-state index in [1.54, 1.807) is 9.69 Å². The van der Waals surface area contributed by atoms with Crippen LogP contribution in [-0.2, 0) is 0 Å². The zero-order valence-corrected chi connectivity index (χ0v) is 32.3. The first-order valence-electron chi connectivity index (χ1n) is 18.4. The Hall–Kier alpha value is -4.32. The molecule has 0 saturated heterocycles. The van der Waals surface area contributed by atoms with Gasteiger partial charge in [-0.15, -0.1) is 11.3 Å². The second kappa shape index (κ2) is 11.3. The van der Waals surface area contributed by atoms with Gasteiger partial charge in [0.25, 0.3) is 6.71 Å². The normalized spacial score (nSPS) is 15.0. The first kappa shape index (κ1) is 31.6. The molecule has 0 amide bonds. The van der Waals surface area contributed by atoms with Crippen molar-refractivity contribution in [1.29, 1.82) is 0 Å². The third-order valence-corrected chi connectivity index (χ3v) is 17.6. The highest BCUT2D eigenvalue weighted by Crippen LogP contribution is 2.48. The number of benzene rings is 5. The lowest BCUT2D eigenvalue weighted by molar-refractivity contribution is 0.865. The van der Waals surface area contributed by atoms with Crippen molar-refractivity contribution in [1.82, 2.24) is 0 Å². The molecule has 1 aromatic heterocycles. The molecule has 0 fully saturated rings. The highest BCUT2D eigenvalue weighted by atomic mass is 32.1. The Kier molecular flexibility index (Phi) is 7.18. The molecule has 0 unspecified atom stereocenters. The maximum atomic E-state index is 2.61. The molecule has 0 saturated carbocycles. The smallest absolute Gasteiger partial charge is 0.254 e. The van der Waals surface area contributed by atoms with Crippen LogP contribution in [0.3, 0.4) is 0 Å². The molecule has 9 rings (SSSR count). The summed E-state index contributed by atoms with van der Waals surface area (Å²) in [6.45, 7) is 19.0. The van der Waals surface area contributed by atoms with Gasteiger partial charge in [0.05, 0.1) is 5.00 Å². The summed E-state index contributed by atoms with van der Waals surface area (Å²) < 4.78 is 1.62. The molecule has 4 heterocycles. The first-order valence-corrected chi connectivity index (χ1v) is 22.2. The van der Waals surface area contributed by atoms with Gasteiger partial charge in [-0.25, -0.2) is 0 Å². The van der Waals surface area contributed by atoms with Crippen LogP contribution >= 0.6 is 11.3 Å². The van der Waals surface area contributed by atoms with E-state index in [2.05, 4.69) is 185 Å². The number of hydrogen-bond donors (Lipinski definition) is 0. The van der Waals surface area contributed by atoms with E-state index < -0.39 is 8.07 Å². The summed E-state index contributed by atoms with van der Waals surface area (Å²) in [7, 11) is -1.91. The fourth-order valence-corrected chi connectivity index (χ4v) is 14.1. The molecular formula is C45H45BN2SSi. The number of rotatable bonds is 5. The van der Waals surface area contributed by atoms with E-state index in [9.17, 15) is 0 Å². The Balaban J connectivity index is 1.38. The first-order chi connectivity index (χ1) is 24.1. The van der Waals surface area contributed by atoms with Crippen LogP contribution < -0.4 is 35.9 Å². The van der Waals surface area contributed by atoms with Crippen molar-refractivity contribution in [2.24, 2.45) is 0 Å². The van der Waals surface area contributed by atoms with Crippen LogP contribution in [0.25, 0.3) is 11.1 Å². The molecule has 0 bridgehead atoms. The van der Waals surface area contributed by atoms with E-state index in [1.165, 1.54) is 77.6 Å². The molecule has 3 aliphatic heterocycles. The Bertz CT molecular complexity index is 2300. The third-order valence-electron chi connectivity index (χ3n) is 11.6. The largest absolute Gasteiger partial charge is 0.311 e. The molecule has 248 valence electrons. The van der Waals surface area contributed by atoms with Crippen molar-refractivity contribution in [3.05, 3.63) is 126 Å². The van der Waals surface area contributed by atoms with Gasteiger partial charge < -0.3 is 9.80 Å². The predicted octanol–water partition coefficient (Wildman–Crippen LogP) is 10.0. The maximum Gasteiger partial charge on any atom is 0.254 e. The summed E-state index contributed by atoms with van der Waals surface area (Å²) in [4.78, 5) is 5.17. The molecule has 3 aliphatic rings. The van der Waals surface area contributed by atoms with Crippen LogP contribution in [0.5, 0.6) is 0 Å². The summed E-state index contributed by atoms with van der Waals surface area (Å²) in [5, 5.41) is 2.97. The Morgan fingerprint density at radius 3 is 1.74 bits per heavy atom. The molecule has 0 aliphatic carbocycles. The van der Waals surface area contributed by atoms with E-state index in [0.29, 0.717) is 17.8 Å². The van der Waals surface area contributed by atoms with E-state index in [-0.39, 0.29) is 6.71 Å². The van der Waals surface area contributed by atoms with Crippen molar-refractivity contribution in [3.8, 4) is 11.1 Å². The second-order valence-electron chi connectivity index (χ2n) is 16.0. The molecule has 0 N–H and O–H groups in total. The van der Waals surface area contributed by atoms with Crippen molar-refractivity contribution in [3.63, 3.8) is 0 Å². The summed E-state index contributed by atoms with van der Waals surface area (Å²) in [6, 6.07) is 42.4. The molecule has 6 aromatic rings. The van der Waals surface area contributed by atoms with E-state index in [4.69, 9.17) is 0 Å². The van der Waals surface area contributed by atoms with Gasteiger partial charge in [0, 0.05) is 32.9 Å². The van der Waals surface area contributed by atoms with Gasteiger partial charge >= 0.3 is 0 Å². The van der Waals surface area contributed by atoms with Crippen molar-refractivity contribution < 1.29 is 0 Å². The molecule has 2 nitrogen and oxygen atoms in total. The number of hydrogen-bond acceptors (Lipinski definition) is 3. The predicted molar refractivity (Wildman–Crippen MR) is 223 cm³/mol. The Morgan fingerprint density at radius 2 is 1.12 bits per heavy atom. The van der Waals surface area contributed by atoms with Crippen LogP contribution in [0.4, 0.5) is 33.4 Å². The third kappa shape index (κ3) is 4.45. The van der Waals surface area contributed by atoms with E-state index in [0.717, 1.165) is 0 Å². The fourth-order valence-electron chi connectivity index (χ4n) is 8.77. The average Bonchev–Trinajstić information content (AvgIpc) is 3.61. The summed E-state index contributed by atoms with van der Waals surface area (Å²) in [5.74, 6) is 1.42. The van der Waals surface area contributed by atoms with Crippen molar-refractivity contribution in [2.75, 3.05) is 9.80 Å². The molecule has 5 heteroatoms. The van der Waals surface area contributed by atoms with Crippen LogP contribution in [0.15, 0.2) is 109 Å². The zero-order chi connectivity index (χ0) is 34.6. The van der Waals surface area contributed by atoms with Gasteiger partial charge in [-0.3, -0.25) is 0 Å². The topological polar surface area (TPSA) is 6.48 Å². The van der Waals surface area contributed by atoms with Crippen LogP contribution in [0.2, 0.25) is 13.1 Å². The lowest BCUT2D eigenvalue weighted by Crippen LogP contribution is -2.61. The molecule has 5 aromatic carbocycles. The highest BCUT2D eigenvalue weighted by Gasteiger charge is 2.50. The zero-order valence-electron chi connectivity index (χ0n) is 30.5. The summed E-state index contributed by atoms with van der Waals surface area (Å²) >= 11 is 2.07. The van der Waals surface area contributed by atoms with Gasteiger partial charge in [0.15, 0.2) is 0 Å². The molecule has 0 spiro atoms. The minimum atomic E-state index is -1.91. The van der Waals surface area contributed by atoms with Gasteiger partial charge in [-0.1, -0.05) is 121 Å². The minimum Gasteiger partial charge on any atom is -0.311 e. The molecular weight excluding hydrogens is 639 g/mol. The number of anilines is 6. The standard InChI is InChI=1S/C45H45BN2SSi/c1-27(2)30-16-21-33(22-17-30)47-37-13-11-14-38-42(37)46(36-25-20-32(29(5)6)26-39(36)47)43-41-35-12-9-10-15-40(35)50(7,8)45(41)49-44(43)48(38)34-23-18-31(19-24-34)28(3)4/h9-29H,1-8H3. The quantitative estimate of drug-likeness (QED) is 0.167. The number of nitrogens with zero attached hydrogens (tertiary/aromatic N) is 2. The minimum absolute atomic E-state index is 0.140. The van der Waals surface area contributed by atoms with Crippen LogP contribution in [-0.4, -0.2) is 14.8 Å². The van der Waals surface area contributed by atoms with Crippen LogP contribution in [0, 0.1) is 0 Å². The second-order valence-corrected chi connectivity index (χ2v) is 21.6. The molecule has 50 heavy (non-hydrogen) atoms. The highest BCUT2D eigenvalue weighted by molar-refractivity contribution is 7.35. The fraction of sp³-hybridized carbons (Fsp3) is 0.244. The number of fused-ring (bicyclic) bond motifs is 8. The van der Waals surface area contributed by atoms with E-state index >= 15 is 0 Å². The Labute approximate surface area is 303 Å². The summed E-state index contributed by atoms with van der Waals surface area (Å²) in [5.41, 5.74) is 17.8. The SMILES string of the molecule is CC(C)c1ccc(N2c3cc(C(C)C)ccc3B3c4c2cccc4N(c2ccc(C(C)C)cc2)c2sc4c(c23)-c2ccccc2[Si]4(C)C)cc1. The van der Waals surface area contributed by atoms with Crippen molar-refractivity contribution >= 4 is 85.6 Å². The number of thiophene rings is 1. The van der Waals surface area contributed by atoms with Gasteiger partial charge in [0.1, 0.15) is 8.07 Å². The van der Waals surface area contributed by atoms with Gasteiger partial charge in [0.2, 0.25) is 0 Å². The molecule has 0 atom stereocenters. The summed E-state index contributed by atoms with van der Waals surface area (Å²) in [6.07, 6.45) is 0. The molecule has 0 radical (unpaired) electrons. The van der Waals surface area contributed by atoms with Gasteiger partial charge in [-0.2, -0.15) is 0 Å². The van der Waals surface area contributed by atoms with Crippen LogP contribution in [0.1, 0.15) is 76.0 Å². The average molecular weight is 685 g/mol. The van der Waals surface area contributed by atoms with E-state index in [1.807, 2.05) is 0 Å².